The van der Waals surface area contributed by atoms with Gasteiger partial charge in [0.1, 0.15) is 5.75 Å². The molecule has 2 aromatic carbocycles. The van der Waals surface area contributed by atoms with E-state index in [1.54, 1.807) is 7.11 Å². The number of hydrogen-bond donors (Lipinski definition) is 0. The first-order valence-electron chi connectivity index (χ1n) is 12.1. The minimum absolute atomic E-state index is 0.143. The van der Waals surface area contributed by atoms with Gasteiger partial charge in [0.25, 0.3) is 5.91 Å². The normalized spacial score (nSPS) is 22.3. The highest BCUT2D eigenvalue weighted by atomic mass is 16.5. The van der Waals surface area contributed by atoms with E-state index in [0.29, 0.717) is 0 Å². The lowest BCUT2D eigenvalue weighted by atomic mass is 10.1. The fraction of sp³-hybridized carbons (Fsp3) is 0.519. The predicted octanol–water partition coefficient (Wildman–Crippen LogP) is 3.30. The zero-order valence-electron chi connectivity index (χ0n) is 20.2. The smallest absolute Gasteiger partial charge is 0.253 e. The van der Waals surface area contributed by atoms with Crippen molar-refractivity contribution in [1.82, 2.24) is 14.7 Å². The molecular weight excluding hydrogens is 414 g/mol. The van der Waals surface area contributed by atoms with E-state index in [0.717, 1.165) is 70.1 Å². The van der Waals surface area contributed by atoms with Crippen LogP contribution in [0, 0.1) is 0 Å². The van der Waals surface area contributed by atoms with E-state index < -0.39 is 0 Å². The summed E-state index contributed by atoms with van der Waals surface area (Å²) in [6.45, 7) is 11.5. The monoisotopic (exact) mass is 451 g/mol. The van der Waals surface area contributed by atoms with Gasteiger partial charge in [-0.3, -0.25) is 14.6 Å². The molecule has 33 heavy (non-hydrogen) atoms. The summed E-state index contributed by atoms with van der Waals surface area (Å²) in [5.41, 5.74) is 3.35. The van der Waals surface area contributed by atoms with E-state index >= 15 is 0 Å². The summed E-state index contributed by atoms with van der Waals surface area (Å²) in [6, 6.07) is 16.5. The Morgan fingerprint density at radius 1 is 0.879 bits per heavy atom. The summed E-state index contributed by atoms with van der Waals surface area (Å²) < 4.78 is 11.1. The molecule has 0 aliphatic carbocycles. The molecule has 0 radical (unpaired) electrons. The van der Waals surface area contributed by atoms with E-state index in [1.165, 1.54) is 11.1 Å². The van der Waals surface area contributed by atoms with E-state index in [9.17, 15) is 4.79 Å². The van der Waals surface area contributed by atoms with Crippen LogP contribution in [-0.4, -0.2) is 85.7 Å². The molecule has 0 N–H and O–H groups in total. The van der Waals surface area contributed by atoms with Crippen LogP contribution in [0.3, 0.4) is 0 Å². The molecule has 2 saturated heterocycles. The van der Waals surface area contributed by atoms with E-state index in [4.69, 9.17) is 9.47 Å². The average Bonchev–Trinajstić information content (AvgIpc) is 2.83. The van der Waals surface area contributed by atoms with Crippen LogP contribution in [0.25, 0.3) is 0 Å². The Bertz CT molecular complexity index is 882. The van der Waals surface area contributed by atoms with Gasteiger partial charge in [0.05, 0.1) is 19.3 Å². The number of ether oxygens (including phenoxy) is 2. The van der Waals surface area contributed by atoms with Gasteiger partial charge in [-0.15, -0.1) is 0 Å². The van der Waals surface area contributed by atoms with Gasteiger partial charge in [0, 0.05) is 57.9 Å². The topological polar surface area (TPSA) is 45.2 Å². The number of nitrogens with zero attached hydrogens (tertiary/aromatic N) is 3. The van der Waals surface area contributed by atoms with Crippen LogP contribution < -0.4 is 4.74 Å². The number of rotatable bonds is 7. The fourth-order valence-electron chi connectivity index (χ4n) is 4.86. The van der Waals surface area contributed by atoms with Crippen molar-refractivity contribution in [2.45, 2.75) is 39.0 Å². The molecule has 0 bridgehead atoms. The molecule has 2 atom stereocenters. The zero-order valence-corrected chi connectivity index (χ0v) is 20.2. The molecule has 2 heterocycles. The van der Waals surface area contributed by atoms with Crippen LogP contribution in [0.15, 0.2) is 48.5 Å². The molecule has 2 fully saturated rings. The molecule has 0 saturated carbocycles. The Morgan fingerprint density at radius 2 is 1.48 bits per heavy atom. The van der Waals surface area contributed by atoms with Gasteiger partial charge in [-0.05, 0) is 55.7 Å². The number of methoxy groups -OCH3 is 1. The third-order valence-electron chi connectivity index (χ3n) is 6.64. The lowest BCUT2D eigenvalue weighted by Crippen LogP contribution is -2.49. The SMILES string of the molecule is COc1ccc(CCN2CCN(C(=O)c3ccc(CN4CC(C)OC(C)C4)cc3)CC2)cc1. The summed E-state index contributed by atoms with van der Waals surface area (Å²) in [5.74, 6) is 1.04. The molecular formula is C27H37N3O3. The first-order valence-corrected chi connectivity index (χ1v) is 12.1. The summed E-state index contributed by atoms with van der Waals surface area (Å²) in [7, 11) is 1.69. The molecule has 2 aliphatic rings. The van der Waals surface area contributed by atoms with Crippen molar-refractivity contribution in [3.63, 3.8) is 0 Å². The molecule has 6 heteroatoms. The highest BCUT2D eigenvalue weighted by Gasteiger charge is 2.23. The Balaban J connectivity index is 1.22. The molecule has 0 spiro atoms. The second-order valence-electron chi connectivity index (χ2n) is 9.38. The van der Waals surface area contributed by atoms with Crippen molar-refractivity contribution < 1.29 is 14.3 Å². The maximum absolute atomic E-state index is 13.0. The molecule has 2 aliphatic heterocycles. The molecule has 2 unspecified atom stereocenters. The van der Waals surface area contributed by atoms with Crippen LogP contribution in [0.1, 0.15) is 35.3 Å². The highest BCUT2D eigenvalue weighted by molar-refractivity contribution is 5.94. The standard InChI is InChI=1S/C27H37N3O3/c1-21-18-29(19-22(2)33-21)20-24-4-8-25(9-5-24)27(31)30-16-14-28(15-17-30)13-12-23-6-10-26(32-3)11-7-23/h4-11,21-22H,12-20H2,1-3H3. The van der Waals surface area contributed by atoms with Crippen LogP contribution in [0.2, 0.25) is 0 Å². The van der Waals surface area contributed by atoms with Gasteiger partial charge in [-0.1, -0.05) is 24.3 Å². The minimum Gasteiger partial charge on any atom is -0.497 e. The summed E-state index contributed by atoms with van der Waals surface area (Å²) in [6.07, 6.45) is 1.55. The highest BCUT2D eigenvalue weighted by Crippen LogP contribution is 2.17. The summed E-state index contributed by atoms with van der Waals surface area (Å²) in [5, 5.41) is 0. The fourth-order valence-corrected chi connectivity index (χ4v) is 4.86. The van der Waals surface area contributed by atoms with Gasteiger partial charge in [-0.2, -0.15) is 0 Å². The van der Waals surface area contributed by atoms with Crippen molar-refractivity contribution in [2.75, 3.05) is 52.9 Å². The summed E-state index contributed by atoms with van der Waals surface area (Å²) in [4.78, 5) is 19.9. The van der Waals surface area contributed by atoms with Gasteiger partial charge < -0.3 is 14.4 Å². The molecule has 2 aromatic rings. The Morgan fingerprint density at radius 3 is 2.09 bits per heavy atom. The Labute approximate surface area is 198 Å². The number of piperazine rings is 1. The van der Waals surface area contributed by atoms with Crippen LogP contribution in [-0.2, 0) is 17.7 Å². The maximum Gasteiger partial charge on any atom is 0.253 e. The molecule has 1 amide bonds. The van der Waals surface area contributed by atoms with Crippen molar-refractivity contribution in [3.05, 3.63) is 65.2 Å². The van der Waals surface area contributed by atoms with Crippen LogP contribution >= 0.6 is 0 Å². The third kappa shape index (κ3) is 6.56. The minimum atomic E-state index is 0.143. The molecule has 0 aromatic heterocycles. The number of carbonyl (C=O) groups excluding carboxylic acids is 1. The Kier molecular flexibility index (Phi) is 8.02. The van der Waals surface area contributed by atoms with Crippen molar-refractivity contribution >= 4 is 5.91 Å². The lowest BCUT2D eigenvalue weighted by Gasteiger charge is -2.35. The van der Waals surface area contributed by atoms with Crippen LogP contribution in [0.4, 0.5) is 0 Å². The maximum atomic E-state index is 13.0. The van der Waals surface area contributed by atoms with Gasteiger partial charge in [-0.25, -0.2) is 0 Å². The number of benzene rings is 2. The molecule has 4 rings (SSSR count). The second kappa shape index (κ2) is 11.1. The number of amides is 1. The second-order valence-corrected chi connectivity index (χ2v) is 9.38. The molecule has 178 valence electrons. The zero-order chi connectivity index (χ0) is 23.2. The quantitative estimate of drug-likeness (QED) is 0.646. The van der Waals surface area contributed by atoms with E-state index in [-0.39, 0.29) is 18.1 Å². The third-order valence-corrected chi connectivity index (χ3v) is 6.64. The van der Waals surface area contributed by atoms with E-state index in [1.807, 2.05) is 29.2 Å². The van der Waals surface area contributed by atoms with Gasteiger partial charge in [0.15, 0.2) is 0 Å². The van der Waals surface area contributed by atoms with Crippen molar-refractivity contribution in [2.24, 2.45) is 0 Å². The Hall–Kier alpha value is -2.41. The lowest BCUT2D eigenvalue weighted by molar-refractivity contribution is -0.0704. The number of morpholine rings is 1. The van der Waals surface area contributed by atoms with Crippen LogP contribution in [0.5, 0.6) is 5.75 Å². The first-order chi connectivity index (χ1) is 16.0. The summed E-state index contributed by atoms with van der Waals surface area (Å²) >= 11 is 0. The van der Waals surface area contributed by atoms with Gasteiger partial charge >= 0.3 is 0 Å². The number of carbonyl (C=O) groups is 1. The van der Waals surface area contributed by atoms with Crippen molar-refractivity contribution in [3.8, 4) is 5.75 Å². The first kappa shape index (κ1) is 23.7. The van der Waals surface area contributed by atoms with Gasteiger partial charge in [0.2, 0.25) is 0 Å². The molecule has 6 nitrogen and oxygen atoms in total. The van der Waals surface area contributed by atoms with Crippen molar-refractivity contribution in [1.29, 1.82) is 0 Å². The predicted molar refractivity (Wildman–Crippen MR) is 131 cm³/mol. The largest absolute Gasteiger partial charge is 0.497 e. The average molecular weight is 452 g/mol. The van der Waals surface area contributed by atoms with E-state index in [2.05, 4.69) is 47.9 Å². The number of hydrogen-bond acceptors (Lipinski definition) is 5.